The lowest BCUT2D eigenvalue weighted by Crippen LogP contribution is -2.49. The van der Waals surface area contributed by atoms with Crippen LogP contribution in [0.1, 0.15) is 50.9 Å². The lowest BCUT2D eigenvalue weighted by molar-refractivity contribution is -0.275. The second kappa shape index (κ2) is 10.1. The van der Waals surface area contributed by atoms with Gasteiger partial charge >= 0.3 is 6.36 Å². The van der Waals surface area contributed by atoms with Crippen molar-refractivity contribution in [3.63, 3.8) is 0 Å². The van der Waals surface area contributed by atoms with Crippen LogP contribution in [0.3, 0.4) is 0 Å². The highest BCUT2D eigenvalue weighted by molar-refractivity contribution is 5.97. The molecular formula is C21H24F3N5O5. The number of hydrogen-bond donors (Lipinski definition) is 3. The molecule has 1 saturated heterocycles. The van der Waals surface area contributed by atoms with Crippen molar-refractivity contribution < 1.29 is 37.0 Å². The minimum atomic E-state index is -4.97. The third kappa shape index (κ3) is 5.65. The number of carbonyl (C=O) groups is 3. The van der Waals surface area contributed by atoms with Crippen LogP contribution in [-0.2, 0) is 16.6 Å². The van der Waals surface area contributed by atoms with Crippen LogP contribution < -0.4 is 20.9 Å². The Bertz CT molecular complexity index is 1070. The van der Waals surface area contributed by atoms with Gasteiger partial charge in [-0.05, 0) is 37.8 Å². The number of nitrogens with one attached hydrogen (secondary N) is 3. The normalized spacial score (nSPS) is 18.2. The van der Waals surface area contributed by atoms with Crippen molar-refractivity contribution in [2.24, 2.45) is 7.05 Å². The fraction of sp³-hybridized carbons (Fsp3) is 0.429. The first-order valence-electron chi connectivity index (χ1n) is 10.3. The first-order valence-corrected chi connectivity index (χ1v) is 10.3. The Morgan fingerprint density at radius 1 is 1.21 bits per heavy atom. The second-order valence-corrected chi connectivity index (χ2v) is 7.66. The first-order chi connectivity index (χ1) is 16.0. The van der Waals surface area contributed by atoms with Crippen molar-refractivity contribution in [1.29, 1.82) is 0 Å². The van der Waals surface area contributed by atoms with Gasteiger partial charge in [0.05, 0.1) is 12.0 Å². The number of alkyl halides is 3. The van der Waals surface area contributed by atoms with E-state index in [1.807, 2.05) is 0 Å². The summed E-state index contributed by atoms with van der Waals surface area (Å²) in [6, 6.07) is 3.79. The molecule has 10 nitrogen and oxygen atoms in total. The molecule has 0 bridgehead atoms. The van der Waals surface area contributed by atoms with E-state index in [-0.39, 0.29) is 36.3 Å². The van der Waals surface area contributed by atoms with Crippen molar-refractivity contribution in [1.82, 2.24) is 25.7 Å². The quantitative estimate of drug-likeness (QED) is 0.557. The monoisotopic (exact) mass is 483 g/mol. The molecule has 184 valence electrons. The van der Waals surface area contributed by atoms with Crippen molar-refractivity contribution in [2.45, 2.75) is 38.1 Å². The summed E-state index contributed by atoms with van der Waals surface area (Å²) in [6.45, 7) is 1.68. The summed E-state index contributed by atoms with van der Waals surface area (Å²) in [6.07, 6.45) is -4.37. The van der Waals surface area contributed by atoms with E-state index in [9.17, 15) is 27.6 Å². The lowest BCUT2D eigenvalue weighted by atomic mass is 9.84. The molecule has 3 N–H and O–H groups in total. The van der Waals surface area contributed by atoms with E-state index < -0.39 is 41.9 Å². The molecule has 2 atom stereocenters. The number of carbonyl (C=O) groups excluding carboxylic acids is 3. The van der Waals surface area contributed by atoms with E-state index in [4.69, 9.17) is 4.74 Å². The minimum absolute atomic E-state index is 0.00953. The number of nitrogens with zero attached hydrogens (tertiary/aromatic N) is 2. The molecule has 1 aliphatic rings. The molecular weight excluding hydrogens is 459 g/mol. The van der Waals surface area contributed by atoms with Crippen LogP contribution in [0.25, 0.3) is 0 Å². The van der Waals surface area contributed by atoms with Gasteiger partial charge in [-0.3, -0.25) is 25.2 Å². The minimum Gasteiger partial charge on any atom is -0.405 e. The van der Waals surface area contributed by atoms with E-state index in [2.05, 4.69) is 25.9 Å². The lowest BCUT2D eigenvalue weighted by Gasteiger charge is -2.31. The summed E-state index contributed by atoms with van der Waals surface area (Å²) >= 11 is 0. The SMILES string of the molecule is CNC(=O)c1cccc(OC(F)(F)F)c1C1CCOC(C(=O)NNC(=O)c2c(C)ncn2C)C1. The van der Waals surface area contributed by atoms with E-state index in [1.54, 1.807) is 14.0 Å². The summed E-state index contributed by atoms with van der Waals surface area (Å²) in [5.41, 5.74) is 5.31. The molecule has 0 radical (unpaired) electrons. The Hall–Kier alpha value is -3.61. The molecule has 0 aliphatic carbocycles. The van der Waals surface area contributed by atoms with Crippen LogP contribution >= 0.6 is 0 Å². The van der Waals surface area contributed by atoms with Crippen LogP contribution in [0.4, 0.5) is 13.2 Å². The third-order valence-electron chi connectivity index (χ3n) is 5.38. The van der Waals surface area contributed by atoms with E-state index in [0.717, 1.165) is 6.07 Å². The zero-order valence-corrected chi connectivity index (χ0v) is 18.7. The summed E-state index contributed by atoms with van der Waals surface area (Å²) < 4.78 is 50.1. The van der Waals surface area contributed by atoms with Crippen LogP contribution in [0.5, 0.6) is 5.75 Å². The number of halogens is 3. The van der Waals surface area contributed by atoms with Crippen LogP contribution in [0, 0.1) is 6.92 Å². The number of hydrogen-bond acceptors (Lipinski definition) is 6. The summed E-state index contributed by atoms with van der Waals surface area (Å²) in [4.78, 5) is 41.3. The number of rotatable bonds is 5. The van der Waals surface area contributed by atoms with Crippen molar-refractivity contribution in [3.8, 4) is 5.75 Å². The molecule has 1 aromatic heterocycles. The number of hydrazine groups is 1. The fourth-order valence-electron chi connectivity index (χ4n) is 3.88. The average Bonchev–Trinajstić information content (AvgIpc) is 3.13. The maximum atomic E-state index is 13.0. The maximum absolute atomic E-state index is 13.0. The first kappa shape index (κ1) is 25.0. The third-order valence-corrected chi connectivity index (χ3v) is 5.38. The molecule has 1 aliphatic heterocycles. The van der Waals surface area contributed by atoms with Gasteiger partial charge in [0.2, 0.25) is 0 Å². The van der Waals surface area contributed by atoms with Crippen LogP contribution in [0.2, 0.25) is 0 Å². The molecule has 2 aromatic rings. The Labute approximate surface area is 192 Å². The number of benzene rings is 1. The van der Waals surface area contributed by atoms with Gasteiger partial charge in [-0.25, -0.2) is 4.98 Å². The molecule has 2 unspecified atom stereocenters. The maximum Gasteiger partial charge on any atom is 0.573 e. The summed E-state index contributed by atoms with van der Waals surface area (Å²) in [5.74, 6) is -3.03. The fourth-order valence-corrected chi connectivity index (χ4v) is 3.88. The molecule has 2 heterocycles. The van der Waals surface area contributed by atoms with E-state index in [0.29, 0.717) is 5.69 Å². The number of aryl methyl sites for hydroxylation is 2. The van der Waals surface area contributed by atoms with Gasteiger partial charge in [-0.1, -0.05) is 6.07 Å². The van der Waals surface area contributed by atoms with Gasteiger partial charge in [0.1, 0.15) is 17.5 Å². The molecule has 3 amide bonds. The second-order valence-electron chi connectivity index (χ2n) is 7.66. The summed E-state index contributed by atoms with van der Waals surface area (Å²) in [7, 11) is 2.98. The van der Waals surface area contributed by atoms with Gasteiger partial charge < -0.3 is 19.4 Å². The standard InChI is InChI=1S/C21H24F3N5O5/c1-11-17(29(3)10-26-11)20(32)28-27-19(31)15-9-12(7-8-33-15)16-13(18(30)25-2)5-4-6-14(16)34-21(22,23)24/h4-6,10,12,15H,7-9H2,1-3H3,(H,25,30)(H,27,31)(H,28,32). The molecule has 0 saturated carbocycles. The molecule has 13 heteroatoms. The Morgan fingerprint density at radius 3 is 2.56 bits per heavy atom. The molecule has 1 aromatic carbocycles. The molecule has 0 spiro atoms. The Morgan fingerprint density at radius 2 is 1.94 bits per heavy atom. The number of aromatic nitrogens is 2. The molecule has 1 fully saturated rings. The highest BCUT2D eigenvalue weighted by atomic mass is 19.4. The van der Waals surface area contributed by atoms with E-state index >= 15 is 0 Å². The highest BCUT2D eigenvalue weighted by Gasteiger charge is 2.37. The zero-order chi connectivity index (χ0) is 25.0. The van der Waals surface area contributed by atoms with Crippen molar-refractivity contribution in [2.75, 3.05) is 13.7 Å². The van der Waals surface area contributed by atoms with Crippen molar-refractivity contribution in [3.05, 3.63) is 47.0 Å². The number of ether oxygens (including phenoxy) is 2. The smallest absolute Gasteiger partial charge is 0.405 e. The topological polar surface area (TPSA) is 124 Å². The van der Waals surface area contributed by atoms with Crippen molar-refractivity contribution >= 4 is 17.7 Å². The Kier molecular flexibility index (Phi) is 7.44. The number of amides is 3. The van der Waals surface area contributed by atoms with Gasteiger partial charge in [-0.2, -0.15) is 0 Å². The highest BCUT2D eigenvalue weighted by Crippen LogP contribution is 2.40. The Balaban J connectivity index is 1.78. The van der Waals surface area contributed by atoms with Gasteiger partial charge in [-0.15, -0.1) is 13.2 Å². The zero-order valence-electron chi connectivity index (χ0n) is 18.7. The van der Waals surface area contributed by atoms with Gasteiger partial charge in [0.15, 0.2) is 0 Å². The van der Waals surface area contributed by atoms with Gasteiger partial charge in [0, 0.05) is 31.8 Å². The van der Waals surface area contributed by atoms with Crippen LogP contribution in [0.15, 0.2) is 24.5 Å². The summed E-state index contributed by atoms with van der Waals surface area (Å²) in [5, 5.41) is 2.40. The molecule has 34 heavy (non-hydrogen) atoms. The molecule has 3 rings (SSSR count). The largest absolute Gasteiger partial charge is 0.573 e. The predicted molar refractivity (Wildman–Crippen MR) is 112 cm³/mol. The predicted octanol–water partition coefficient (Wildman–Crippen LogP) is 1.71. The van der Waals surface area contributed by atoms with Gasteiger partial charge in [0.25, 0.3) is 17.7 Å². The number of imidazole rings is 1. The van der Waals surface area contributed by atoms with Crippen LogP contribution in [-0.4, -0.2) is 53.4 Å². The van der Waals surface area contributed by atoms with E-state index in [1.165, 1.54) is 30.1 Å². The average molecular weight is 483 g/mol.